The van der Waals surface area contributed by atoms with Crippen molar-refractivity contribution in [2.45, 2.75) is 57.2 Å². The maximum Gasteiger partial charge on any atom is 0.129 e. The van der Waals surface area contributed by atoms with Gasteiger partial charge in [-0.25, -0.2) is 4.39 Å². The van der Waals surface area contributed by atoms with Crippen LogP contribution in [0.2, 0.25) is 5.02 Å². The molecule has 140 valence electrons. The summed E-state index contributed by atoms with van der Waals surface area (Å²) in [6.07, 6.45) is 6.35. The van der Waals surface area contributed by atoms with E-state index in [2.05, 4.69) is 29.2 Å². The monoisotopic (exact) mass is 374 g/mol. The van der Waals surface area contributed by atoms with E-state index in [1.54, 1.807) is 12.1 Å². The van der Waals surface area contributed by atoms with Crippen molar-refractivity contribution >= 4 is 11.6 Å². The molecule has 2 N–H and O–H groups in total. The summed E-state index contributed by atoms with van der Waals surface area (Å²) in [5.41, 5.74) is 8.04. The first-order chi connectivity index (χ1) is 12.6. The molecule has 0 bridgehead atoms. The molecular formula is C22H28ClFN2. The molecule has 1 fully saturated rings. The van der Waals surface area contributed by atoms with Gasteiger partial charge in [0, 0.05) is 29.2 Å². The maximum atomic E-state index is 14.3. The van der Waals surface area contributed by atoms with E-state index in [1.165, 1.54) is 11.6 Å². The molecular weight excluding hydrogens is 347 g/mol. The van der Waals surface area contributed by atoms with E-state index in [-0.39, 0.29) is 5.82 Å². The molecule has 2 aromatic rings. The summed E-state index contributed by atoms with van der Waals surface area (Å²) in [5, 5.41) is 0.519. The molecule has 4 heteroatoms. The number of nitrogens with zero attached hydrogens (tertiary/aromatic N) is 1. The van der Waals surface area contributed by atoms with Gasteiger partial charge in [0.05, 0.1) is 0 Å². The van der Waals surface area contributed by atoms with Gasteiger partial charge < -0.3 is 5.73 Å². The number of nitrogens with two attached hydrogens (primary N) is 1. The SMILES string of the molecule is NC1CCC(N(CCCc2ccccc2)Cc2c(F)cccc2Cl)CC1. The van der Waals surface area contributed by atoms with Crippen molar-refractivity contribution in [1.29, 1.82) is 0 Å². The van der Waals surface area contributed by atoms with Crippen LogP contribution in [0.5, 0.6) is 0 Å². The second-order valence-corrected chi connectivity index (χ2v) is 7.74. The molecule has 0 heterocycles. The molecule has 0 aliphatic heterocycles. The van der Waals surface area contributed by atoms with Crippen LogP contribution in [0.15, 0.2) is 48.5 Å². The number of hydrogen-bond acceptors (Lipinski definition) is 2. The summed E-state index contributed by atoms with van der Waals surface area (Å²) < 4.78 is 14.3. The van der Waals surface area contributed by atoms with Crippen molar-refractivity contribution in [2.75, 3.05) is 6.54 Å². The smallest absolute Gasteiger partial charge is 0.129 e. The number of rotatable bonds is 7. The summed E-state index contributed by atoms with van der Waals surface area (Å²) >= 11 is 6.28. The van der Waals surface area contributed by atoms with Crippen LogP contribution in [0.1, 0.15) is 43.2 Å². The minimum atomic E-state index is -0.210. The Bertz CT molecular complexity index is 664. The number of benzene rings is 2. The zero-order chi connectivity index (χ0) is 18.4. The van der Waals surface area contributed by atoms with Crippen LogP contribution < -0.4 is 5.73 Å². The van der Waals surface area contributed by atoms with Gasteiger partial charge in [0.1, 0.15) is 5.82 Å². The quantitative estimate of drug-likeness (QED) is 0.723. The molecule has 0 radical (unpaired) electrons. The Hall–Kier alpha value is -1.42. The van der Waals surface area contributed by atoms with Crippen molar-refractivity contribution in [3.63, 3.8) is 0 Å². The third-order valence-electron chi connectivity index (χ3n) is 5.43. The number of halogens is 2. The average molecular weight is 375 g/mol. The minimum absolute atomic E-state index is 0.210. The van der Waals surface area contributed by atoms with Gasteiger partial charge in [-0.1, -0.05) is 48.0 Å². The van der Waals surface area contributed by atoms with Gasteiger partial charge in [0.2, 0.25) is 0 Å². The van der Waals surface area contributed by atoms with Crippen molar-refractivity contribution < 1.29 is 4.39 Å². The first-order valence-electron chi connectivity index (χ1n) is 9.60. The van der Waals surface area contributed by atoms with Crippen LogP contribution in [0.25, 0.3) is 0 Å². The van der Waals surface area contributed by atoms with E-state index in [0.717, 1.165) is 45.1 Å². The molecule has 1 saturated carbocycles. The summed E-state index contributed by atoms with van der Waals surface area (Å²) in [4.78, 5) is 2.42. The molecule has 2 aromatic carbocycles. The van der Waals surface area contributed by atoms with Crippen LogP contribution in [-0.2, 0) is 13.0 Å². The van der Waals surface area contributed by atoms with E-state index >= 15 is 0 Å². The maximum absolute atomic E-state index is 14.3. The fourth-order valence-electron chi connectivity index (χ4n) is 3.87. The molecule has 1 aliphatic carbocycles. The van der Waals surface area contributed by atoms with Gasteiger partial charge in [-0.3, -0.25) is 4.90 Å². The third kappa shape index (κ3) is 5.29. The molecule has 1 aliphatic rings. The van der Waals surface area contributed by atoms with Crippen LogP contribution in [0.4, 0.5) is 4.39 Å². The van der Waals surface area contributed by atoms with Crippen molar-refractivity contribution in [2.24, 2.45) is 5.73 Å². The molecule has 0 aromatic heterocycles. The third-order valence-corrected chi connectivity index (χ3v) is 5.79. The lowest BCUT2D eigenvalue weighted by molar-refractivity contribution is 0.139. The van der Waals surface area contributed by atoms with E-state index in [1.807, 2.05) is 6.07 Å². The van der Waals surface area contributed by atoms with E-state index < -0.39 is 0 Å². The largest absolute Gasteiger partial charge is 0.328 e. The van der Waals surface area contributed by atoms with Gasteiger partial charge in [-0.05, 0) is 62.8 Å². The minimum Gasteiger partial charge on any atom is -0.328 e. The van der Waals surface area contributed by atoms with Gasteiger partial charge in [0.15, 0.2) is 0 Å². The fourth-order valence-corrected chi connectivity index (χ4v) is 4.10. The fraction of sp³-hybridized carbons (Fsp3) is 0.455. The Balaban J connectivity index is 1.67. The molecule has 0 saturated heterocycles. The molecule has 26 heavy (non-hydrogen) atoms. The normalized spacial score (nSPS) is 20.5. The van der Waals surface area contributed by atoms with Crippen molar-refractivity contribution in [1.82, 2.24) is 4.90 Å². The molecule has 2 nitrogen and oxygen atoms in total. The highest BCUT2D eigenvalue weighted by molar-refractivity contribution is 6.31. The highest BCUT2D eigenvalue weighted by atomic mass is 35.5. The lowest BCUT2D eigenvalue weighted by Gasteiger charge is -2.36. The first-order valence-corrected chi connectivity index (χ1v) is 9.97. The summed E-state index contributed by atoms with van der Waals surface area (Å²) in [6.45, 7) is 1.51. The van der Waals surface area contributed by atoms with Gasteiger partial charge in [-0.15, -0.1) is 0 Å². The van der Waals surface area contributed by atoms with E-state index in [0.29, 0.717) is 29.2 Å². The highest BCUT2D eigenvalue weighted by Gasteiger charge is 2.25. The summed E-state index contributed by atoms with van der Waals surface area (Å²) in [5.74, 6) is -0.210. The van der Waals surface area contributed by atoms with Crippen molar-refractivity contribution in [3.05, 3.63) is 70.5 Å². The Morgan fingerprint density at radius 2 is 1.73 bits per heavy atom. The predicted molar refractivity (Wildman–Crippen MR) is 107 cm³/mol. The second-order valence-electron chi connectivity index (χ2n) is 7.33. The lowest BCUT2D eigenvalue weighted by atomic mass is 9.90. The van der Waals surface area contributed by atoms with Crippen molar-refractivity contribution in [3.8, 4) is 0 Å². The highest BCUT2D eigenvalue weighted by Crippen LogP contribution is 2.27. The Morgan fingerprint density at radius 3 is 2.42 bits per heavy atom. The standard InChI is InChI=1S/C22H28ClFN2/c23-21-9-4-10-22(24)20(21)16-26(19-13-11-18(25)12-14-19)15-5-8-17-6-2-1-3-7-17/h1-4,6-7,9-10,18-19H,5,8,11-16,25H2. The van der Waals surface area contributed by atoms with Crippen LogP contribution >= 0.6 is 11.6 Å². The average Bonchev–Trinajstić information content (AvgIpc) is 2.65. The van der Waals surface area contributed by atoms with Gasteiger partial charge in [0.25, 0.3) is 0 Å². The predicted octanol–water partition coefficient (Wildman–Crippen LogP) is 5.18. The molecule has 0 spiro atoms. The van der Waals surface area contributed by atoms with Gasteiger partial charge in [-0.2, -0.15) is 0 Å². The summed E-state index contributed by atoms with van der Waals surface area (Å²) in [7, 11) is 0. The second kappa shape index (κ2) is 9.50. The van der Waals surface area contributed by atoms with Crippen LogP contribution in [0, 0.1) is 5.82 Å². The zero-order valence-corrected chi connectivity index (χ0v) is 16.0. The first kappa shape index (κ1) is 19.3. The number of aryl methyl sites for hydroxylation is 1. The number of hydrogen-bond donors (Lipinski definition) is 1. The molecule has 0 atom stereocenters. The van der Waals surface area contributed by atoms with E-state index in [4.69, 9.17) is 17.3 Å². The topological polar surface area (TPSA) is 29.3 Å². The Kier molecular flexibility index (Phi) is 7.07. The summed E-state index contributed by atoms with van der Waals surface area (Å²) in [6, 6.07) is 16.2. The van der Waals surface area contributed by atoms with E-state index in [9.17, 15) is 4.39 Å². The van der Waals surface area contributed by atoms with Gasteiger partial charge >= 0.3 is 0 Å². The van der Waals surface area contributed by atoms with Crippen LogP contribution in [0.3, 0.4) is 0 Å². The zero-order valence-electron chi connectivity index (χ0n) is 15.2. The Labute approximate surface area is 161 Å². The molecule has 3 rings (SSSR count). The lowest BCUT2D eigenvalue weighted by Crippen LogP contribution is -2.41. The Morgan fingerprint density at radius 1 is 1.00 bits per heavy atom. The molecule has 0 amide bonds. The van der Waals surface area contributed by atoms with Crippen LogP contribution in [-0.4, -0.2) is 23.5 Å². The molecule has 0 unspecified atom stereocenters.